The molecule has 0 saturated heterocycles. The third-order valence-electron chi connectivity index (χ3n) is 4.55. The summed E-state index contributed by atoms with van der Waals surface area (Å²) >= 11 is 0. The second-order valence-electron chi connectivity index (χ2n) is 5.08. The molecule has 0 aromatic rings. The second kappa shape index (κ2) is 2.49. The standard InChI is InChI=1S/C10H16O4/c1-9(2)5-3-4-10(9,8(13)14)7(12)6(5)11/h5-7,11-12H,3-4H2,1-2H3,(H,13,14)/t5-,6-,7-,10+/m1/s1. The zero-order valence-electron chi connectivity index (χ0n) is 8.40. The minimum atomic E-state index is -1.14. The van der Waals surface area contributed by atoms with Crippen LogP contribution in [-0.4, -0.2) is 33.5 Å². The molecule has 2 saturated carbocycles. The summed E-state index contributed by atoms with van der Waals surface area (Å²) in [6.07, 6.45) is -0.834. The van der Waals surface area contributed by atoms with E-state index in [0.717, 1.165) is 0 Å². The van der Waals surface area contributed by atoms with E-state index < -0.39 is 29.0 Å². The number of carboxylic acids is 1. The van der Waals surface area contributed by atoms with Crippen LogP contribution in [0.25, 0.3) is 0 Å². The zero-order chi connectivity index (χ0) is 10.7. The van der Waals surface area contributed by atoms with E-state index in [-0.39, 0.29) is 5.92 Å². The molecule has 0 heterocycles. The molecule has 4 nitrogen and oxygen atoms in total. The Labute approximate surface area is 82.6 Å². The molecule has 0 aromatic heterocycles. The Morgan fingerprint density at radius 3 is 2.21 bits per heavy atom. The van der Waals surface area contributed by atoms with Gasteiger partial charge in [-0.05, 0) is 24.2 Å². The van der Waals surface area contributed by atoms with Crippen LogP contribution in [0.5, 0.6) is 0 Å². The summed E-state index contributed by atoms with van der Waals surface area (Å²) in [5, 5.41) is 28.8. The van der Waals surface area contributed by atoms with Crippen molar-refractivity contribution < 1.29 is 20.1 Å². The van der Waals surface area contributed by atoms with Crippen LogP contribution in [-0.2, 0) is 4.79 Å². The van der Waals surface area contributed by atoms with Crippen LogP contribution in [0.3, 0.4) is 0 Å². The van der Waals surface area contributed by atoms with E-state index in [1.807, 2.05) is 13.8 Å². The number of aliphatic hydroxyl groups is 2. The van der Waals surface area contributed by atoms with E-state index in [1.54, 1.807) is 0 Å². The molecule has 4 atom stereocenters. The molecular formula is C10H16O4. The van der Waals surface area contributed by atoms with Crippen molar-refractivity contribution in [2.24, 2.45) is 16.7 Å². The Bertz CT molecular complexity index is 286. The fourth-order valence-electron chi connectivity index (χ4n) is 3.54. The molecule has 0 amide bonds. The summed E-state index contributed by atoms with van der Waals surface area (Å²) in [4.78, 5) is 11.3. The van der Waals surface area contributed by atoms with Crippen LogP contribution < -0.4 is 0 Å². The summed E-state index contributed by atoms with van der Waals surface area (Å²) in [5.74, 6) is -1.07. The van der Waals surface area contributed by atoms with Gasteiger partial charge in [0.05, 0.1) is 12.2 Å². The minimum Gasteiger partial charge on any atom is -0.481 e. The molecule has 2 rings (SSSR count). The van der Waals surface area contributed by atoms with E-state index in [0.29, 0.717) is 12.8 Å². The predicted octanol–water partition coefficient (Wildman–Crippen LogP) is 0.229. The molecule has 2 aliphatic rings. The molecule has 0 radical (unpaired) electrons. The first kappa shape index (κ1) is 9.93. The Kier molecular flexibility index (Phi) is 1.77. The first-order valence-electron chi connectivity index (χ1n) is 4.95. The topological polar surface area (TPSA) is 77.8 Å². The molecule has 3 N–H and O–H groups in total. The highest BCUT2D eigenvalue weighted by molar-refractivity contribution is 5.78. The van der Waals surface area contributed by atoms with Crippen LogP contribution in [0, 0.1) is 16.7 Å². The number of aliphatic hydroxyl groups excluding tert-OH is 2. The summed E-state index contributed by atoms with van der Waals surface area (Å²) < 4.78 is 0. The third-order valence-corrected chi connectivity index (χ3v) is 4.55. The lowest BCUT2D eigenvalue weighted by molar-refractivity contribution is -0.164. The molecule has 2 aliphatic carbocycles. The largest absolute Gasteiger partial charge is 0.481 e. The van der Waals surface area contributed by atoms with Gasteiger partial charge in [-0.1, -0.05) is 13.8 Å². The summed E-state index contributed by atoms with van der Waals surface area (Å²) in [6.45, 7) is 3.66. The van der Waals surface area contributed by atoms with Crippen LogP contribution in [0.2, 0.25) is 0 Å². The van der Waals surface area contributed by atoms with Gasteiger partial charge in [0.25, 0.3) is 0 Å². The van der Waals surface area contributed by atoms with Gasteiger partial charge in [0.15, 0.2) is 0 Å². The van der Waals surface area contributed by atoms with Crippen molar-refractivity contribution in [2.75, 3.05) is 0 Å². The van der Waals surface area contributed by atoms with Crippen molar-refractivity contribution >= 4 is 5.97 Å². The molecule has 0 spiro atoms. The summed E-state index contributed by atoms with van der Waals surface area (Å²) in [7, 11) is 0. The quantitative estimate of drug-likeness (QED) is 0.566. The number of rotatable bonds is 1. The van der Waals surface area contributed by atoms with Gasteiger partial charge >= 0.3 is 5.97 Å². The van der Waals surface area contributed by atoms with E-state index in [1.165, 1.54) is 0 Å². The van der Waals surface area contributed by atoms with E-state index in [2.05, 4.69) is 0 Å². The molecular weight excluding hydrogens is 184 g/mol. The molecule has 14 heavy (non-hydrogen) atoms. The van der Waals surface area contributed by atoms with Gasteiger partial charge < -0.3 is 15.3 Å². The molecule has 0 aliphatic heterocycles. The van der Waals surface area contributed by atoms with Gasteiger partial charge in [-0.15, -0.1) is 0 Å². The maximum atomic E-state index is 11.3. The van der Waals surface area contributed by atoms with E-state index in [4.69, 9.17) is 0 Å². The summed E-state index contributed by atoms with van der Waals surface area (Å²) in [5.41, 5.74) is -1.66. The molecule has 80 valence electrons. The number of carboxylic acid groups (broad SMARTS) is 1. The number of fused-ring (bicyclic) bond motifs is 2. The molecule has 0 aromatic carbocycles. The van der Waals surface area contributed by atoms with Crippen LogP contribution in [0.4, 0.5) is 0 Å². The maximum Gasteiger partial charge on any atom is 0.312 e. The minimum absolute atomic E-state index is 0.0893. The SMILES string of the molecule is CC1(C)[C@@H]2CC[C@@]1(C(=O)O)[C@H](O)[C@@H]2O. The highest BCUT2D eigenvalue weighted by atomic mass is 16.4. The summed E-state index contributed by atoms with van der Waals surface area (Å²) in [6, 6.07) is 0. The van der Waals surface area contributed by atoms with Crippen molar-refractivity contribution in [1.82, 2.24) is 0 Å². The van der Waals surface area contributed by atoms with Gasteiger partial charge in [0.2, 0.25) is 0 Å². The van der Waals surface area contributed by atoms with Crippen molar-refractivity contribution in [3.05, 3.63) is 0 Å². The Hall–Kier alpha value is -0.610. The number of hydrogen-bond acceptors (Lipinski definition) is 3. The normalized spacial score (nSPS) is 49.6. The first-order valence-corrected chi connectivity index (χ1v) is 4.95. The highest BCUT2D eigenvalue weighted by Crippen LogP contribution is 2.65. The second-order valence-corrected chi connectivity index (χ2v) is 5.08. The Morgan fingerprint density at radius 2 is 1.93 bits per heavy atom. The number of hydrogen-bond donors (Lipinski definition) is 3. The van der Waals surface area contributed by atoms with Gasteiger partial charge in [-0.2, -0.15) is 0 Å². The fourth-order valence-corrected chi connectivity index (χ4v) is 3.54. The first-order chi connectivity index (χ1) is 6.35. The van der Waals surface area contributed by atoms with Gasteiger partial charge in [0, 0.05) is 0 Å². The fraction of sp³-hybridized carbons (Fsp3) is 0.900. The molecule has 2 bridgehead atoms. The Balaban J connectivity index is 2.53. The van der Waals surface area contributed by atoms with Crippen LogP contribution >= 0.6 is 0 Å². The zero-order valence-corrected chi connectivity index (χ0v) is 8.40. The Morgan fingerprint density at radius 1 is 1.36 bits per heavy atom. The van der Waals surface area contributed by atoms with Crippen molar-refractivity contribution in [3.8, 4) is 0 Å². The number of aliphatic carboxylic acids is 1. The third kappa shape index (κ3) is 0.754. The van der Waals surface area contributed by atoms with Crippen LogP contribution in [0.15, 0.2) is 0 Å². The highest BCUT2D eigenvalue weighted by Gasteiger charge is 2.72. The molecule has 4 heteroatoms. The van der Waals surface area contributed by atoms with Gasteiger partial charge in [-0.25, -0.2) is 0 Å². The predicted molar refractivity (Wildman–Crippen MR) is 48.6 cm³/mol. The monoisotopic (exact) mass is 200 g/mol. The van der Waals surface area contributed by atoms with Gasteiger partial charge in [-0.3, -0.25) is 4.79 Å². The van der Waals surface area contributed by atoms with E-state index in [9.17, 15) is 20.1 Å². The number of carbonyl (C=O) groups is 1. The average Bonchev–Trinajstić information content (AvgIpc) is 2.41. The molecule has 2 fully saturated rings. The lowest BCUT2D eigenvalue weighted by atomic mass is 9.68. The van der Waals surface area contributed by atoms with Gasteiger partial charge in [0.1, 0.15) is 5.41 Å². The smallest absolute Gasteiger partial charge is 0.312 e. The van der Waals surface area contributed by atoms with Crippen molar-refractivity contribution in [3.63, 3.8) is 0 Å². The van der Waals surface area contributed by atoms with E-state index >= 15 is 0 Å². The van der Waals surface area contributed by atoms with Crippen LogP contribution in [0.1, 0.15) is 26.7 Å². The van der Waals surface area contributed by atoms with Crippen molar-refractivity contribution in [1.29, 1.82) is 0 Å². The lowest BCUT2D eigenvalue weighted by Crippen LogP contribution is -2.48. The maximum absolute atomic E-state index is 11.3. The van der Waals surface area contributed by atoms with Crippen molar-refractivity contribution in [2.45, 2.75) is 38.9 Å². The average molecular weight is 200 g/mol. The lowest BCUT2D eigenvalue weighted by Gasteiger charge is -2.35. The molecule has 0 unspecified atom stereocenters.